The van der Waals surface area contributed by atoms with Gasteiger partial charge in [-0.05, 0) is 25.5 Å². The molecule has 0 fully saturated rings. The van der Waals surface area contributed by atoms with E-state index in [0.29, 0.717) is 0 Å². The van der Waals surface area contributed by atoms with E-state index in [1.54, 1.807) is 11.3 Å². The lowest BCUT2D eigenvalue weighted by Crippen LogP contribution is -2.03. The molecular weight excluding hydrogens is 218 g/mol. The first-order chi connectivity index (χ1) is 7.70. The van der Waals surface area contributed by atoms with E-state index in [-0.39, 0.29) is 0 Å². The van der Waals surface area contributed by atoms with Crippen molar-refractivity contribution in [2.45, 2.75) is 26.7 Å². The maximum atomic E-state index is 5.99. The Labute approximate surface area is 99.7 Å². The second kappa shape index (κ2) is 4.70. The molecule has 0 unspecified atom stereocenters. The summed E-state index contributed by atoms with van der Waals surface area (Å²) in [6.07, 6.45) is 2.35. The molecule has 2 aromatic rings. The van der Waals surface area contributed by atoms with Crippen LogP contribution in [-0.2, 0) is 0 Å². The number of hydrogen-bond acceptors (Lipinski definition) is 4. The van der Waals surface area contributed by atoms with Crippen LogP contribution in [-0.4, -0.2) is 11.5 Å². The van der Waals surface area contributed by atoms with Crippen molar-refractivity contribution in [3.05, 3.63) is 17.1 Å². The largest absolute Gasteiger partial charge is 0.397 e. The molecule has 0 radical (unpaired) electrons. The molecule has 0 bridgehead atoms. The first-order valence-corrected chi connectivity index (χ1v) is 6.43. The molecule has 16 heavy (non-hydrogen) atoms. The second-order valence-corrected chi connectivity index (χ2v) is 5.16. The maximum Gasteiger partial charge on any atom is 0.0907 e. The molecule has 0 amide bonds. The number of anilines is 2. The van der Waals surface area contributed by atoms with E-state index in [9.17, 15) is 0 Å². The third-order valence-corrected chi connectivity index (χ3v) is 3.45. The number of nitrogens with zero attached hydrogens (tertiary/aromatic N) is 1. The Morgan fingerprint density at radius 3 is 3.00 bits per heavy atom. The highest BCUT2D eigenvalue weighted by molar-refractivity contribution is 7.18. The number of aromatic nitrogens is 1. The Morgan fingerprint density at radius 1 is 1.44 bits per heavy atom. The van der Waals surface area contributed by atoms with Gasteiger partial charge in [0.15, 0.2) is 0 Å². The van der Waals surface area contributed by atoms with Gasteiger partial charge in [0.25, 0.3) is 0 Å². The molecule has 4 heteroatoms. The monoisotopic (exact) mass is 235 g/mol. The highest BCUT2D eigenvalue weighted by Crippen LogP contribution is 2.29. The fourth-order valence-corrected chi connectivity index (χ4v) is 2.52. The van der Waals surface area contributed by atoms with Crippen LogP contribution >= 0.6 is 11.3 Å². The Morgan fingerprint density at radius 2 is 2.25 bits per heavy atom. The Bertz CT molecular complexity index is 490. The van der Waals surface area contributed by atoms with Crippen LogP contribution in [0.25, 0.3) is 10.2 Å². The minimum atomic E-state index is 0.812. The summed E-state index contributed by atoms with van der Waals surface area (Å²) in [5, 5.41) is 4.44. The van der Waals surface area contributed by atoms with E-state index >= 15 is 0 Å². The van der Waals surface area contributed by atoms with Gasteiger partial charge in [0.1, 0.15) is 0 Å². The van der Waals surface area contributed by atoms with Crippen molar-refractivity contribution < 1.29 is 0 Å². The van der Waals surface area contributed by atoms with E-state index in [1.165, 1.54) is 6.42 Å². The van der Waals surface area contributed by atoms with Crippen molar-refractivity contribution >= 4 is 32.9 Å². The van der Waals surface area contributed by atoms with Crippen molar-refractivity contribution in [2.24, 2.45) is 0 Å². The summed E-state index contributed by atoms with van der Waals surface area (Å²) >= 11 is 1.68. The molecule has 0 atom stereocenters. The van der Waals surface area contributed by atoms with Crippen LogP contribution in [0.15, 0.2) is 12.1 Å². The Kier molecular flexibility index (Phi) is 3.29. The van der Waals surface area contributed by atoms with Crippen LogP contribution in [0.2, 0.25) is 0 Å². The number of nitrogens with two attached hydrogens (primary N) is 1. The number of fused-ring (bicyclic) bond motifs is 1. The second-order valence-electron chi connectivity index (χ2n) is 3.92. The average Bonchev–Trinajstić information content (AvgIpc) is 2.58. The number of nitrogens with one attached hydrogen (secondary N) is 1. The fourth-order valence-electron chi connectivity index (χ4n) is 1.66. The lowest BCUT2D eigenvalue weighted by atomic mass is 10.2. The Hall–Kier alpha value is -1.29. The van der Waals surface area contributed by atoms with Gasteiger partial charge in [0.2, 0.25) is 0 Å². The Balaban J connectivity index is 2.27. The zero-order valence-electron chi connectivity index (χ0n) is 9.71. The molecule has 3 N–H and O–H groups in total. The van der Waals surface area contributed by atoms with E-state index in [0.717, 1.165) is 39.6 Å². The van der Waals surface area contributed by atoms with Crippen LogP contribution in [0, 0.1) is 6.92 Å². The lowest BCUT2D eigenvalue weighted by Gasteiger charge is -2.08. The summed E-state index contributed by atoms with van der Waals surface area (Å²) in [6, 6.07) is 4.05. The van der Waals surface area contributed by atoms with Crippen LogP contribution in [0.1, 0.15) is 24.8 Å². The number of aryl methyl sites for hydroxylation is 1. The third-order valence-electron chi connectivity index (χ3n) is 2.51. The van der Waals surface area contributed by atoms with Crippen LogP contribution in [0.5, 0.6) is 0 Å². The normalized spacial score (nSPS) is 10.9. The summed E-state index contributed by atoms with van der Waals surface area (Å²) in [6.45, 7) is 5.17. The fraction of sp³-hybridized carbons (Fsp3) is 0.417. The van der Waals surface area contributed by atoms with Gasteiger partial charge in [-0.2, -0.15) is 0 Å². The molecule has 0 aliphatic heterocycles. The van der Waals surface area contributed by atoms with Gasteiger partial charge in [-0.15, -0.1) is 11.3 Å². The van der Waals surface area contributed by atoms with Gasteiger partial charge in [-0.1, -0.05) is 13.3 Å². The zero-order valence-corrected chi connectivity index (χ0v) is 10.5. The predicted octanol–water partition coefficient (Wildman–Crippen LogP) is 3.40. The first-order valence-electron chi connectivity index (χ1n) is 5.61. The van der Waals surface area contributed by atoms with E-state index in [4.69, 9.17) is 5.73 Å². The number of thiazole rings is 1. The molecule has 1 aromatic carbocycles. The molecule has 0 saturated carbocycles. The minimum Gasteiger partial charge on any atom is -0.397 e. The van der Waals surface area contributed by atoms with Gasteiger partial charge in [0, 0.05) is 6.54 Å². The molecule has 3 nitrogen and oxygen atoms in total. The number of nitrogen functional groups attached to an aromatic ring is 1. The van der Waals surface area contributed by atoms with Crippen molar-refractivity contribution in [3.8, 4) is 0 Å². The van der Waals surface area contributed by atoms with Gasteiger partial charge in [0.05, 0.1) is 26.6 Å². The summed E-state index contributed by atoms with van der Waals surface area (Å²) in [7, 11) is 0. The van der Waals surface area contributed by atoms with Gasteiger partial charge in [-0.3, -0.25) is 0 Å². The summed E-state index contributed by atoms with van der Waals surface area (Å²) < 4.78 is 1.16. The predicted molar refractivity (Wildman–Crippen MR) is 72.2 cm³/mol. The van der Waals surface area contributed by atoms with Crippen molar-refractivity contribution in [3.63, 3.8) is 0 Å². The van der Waals surface area contributed by atoms with Crippen molar-refractivity contribution in [1.82, 2.24) is 4.98 Å². The molecule has 0 aliphatic rings. The molecule has 0 aliphatic carbocycles. The molecule has 86 valence electrons. The zero-order chi connectivity index (χ0) is 11.5. The molecule has 1 heterocycles. The van der Waals surface area contributed by atoms with Crippen molar-refractivity contribution in [1.29, 1.82) is 0 Å². The quantitative estimate of drug-likeness (QED) is 0.631. The number of hydrogen-bond donors (Lipinski definition) is 2. The third kappa shape index (κ3) is 2.27. The summed E-state index contributed by atoms with van der Waals surface area (Å²) in [5.74, 6) is 0. The van der Waals surface area contributed by atoms with Gasteiger partial charge < -0.3 is 11.1 Å². The SMILES string of the molecule is CCCCNc1cc2nc(C)sc2cc1N. The standard InChI is InChI=1S/C12H17N3S/c1-3-4-5-14-10-7-11-12(6-9(10)13)16-8(2)15-11/h6-7,14H,3-5,13H2,1-2H3. The average molecular weight is 235 g/mol. The topological polar surface area (TPSA) is 50.9 Å². The van der Waals surface area contributed by atoms with Gasteiger partial charge >= 0.3 is 0 Å². The van der Waals surface area contributed by atoms with Crippen LogP contribution < -0.4 is 11.1 Å². The highest BCUT2D eigenvalue weighted by atomic mass is 32.1. The molecule has 0 spiro atoms. The van der Waals surface area contributed by atoms with E-state index < -0.39 is 0 Å². The minimum absolute atomic E-state index is 0.812. The van der Waals surface area contributed by atoms with E-state index in [1.807, 2.05) is 19.1 Å². The van der Waals surface area contributed by atoms with E-state index in [2.05, 4.69) is 17.2 Å². The molecule has 0 saturated heterocycles. The van der Waals surface area contributed by atoms with Crippen LogP contribution in [0.3, 0.4) is 0 Å². The van der Waals surface area contributed by atoms with Crippen molar-refractivity contribution in [2.75, 3.05) is 17.6 Å². The first kappa shape index (κ1) is 11.2. The molecule has 2 rings (SSSR count). The maximum absolute atomic E-state index is 5.99. The van der Waals surface area contributed by atoms with Crippen LogP contribution in [0.4, 0.5) is 11.4 Å². The number of benzene rings is 1. The number of rotatable bonds is 4. The summed E-state index contributed by atoms with van der Waals surface area (Å²) in [4.78, 5) is 4.47. The van der Waals surface area contributed by atoms with Gasteiger partial charge in [-0.25, -0.2) is 4.98 Å². The lowest BCUT2D eigenvalue weighted by molar-refractivity contribution is 0.835. The summed E-state index contributed by atoms with van der Waals surface area (Å²) in [5.41, 5.74) is 8.85. The highest BCUT2D eigenvalue weighted by Gasteiger charge is 2.05. The molecular formula is C12H17N3S. The smallest absolute Gasteiger partial charge is 0.0907 e. The number of unbranched alkanes of at least 4 members (excludes halogenated alkanes) is 1. The molecule has 1 aromatic heterocycles.